The Hall–Kier alpha value is -1.05. The summed E-state index contributed by atoms with van der Waals surface area (Å²) < 4.78 is 6.63. The monoisotopic (exact) mass is 266 g/mol. The van der Waals surface area contributed by atoms with Crippen LogP contribution in [0.4, 0.5) is 0 Å². The summed E-state index contributed by atoms with van der Waals surface area (Å²) in [7, 11) is 0. The van der Waals surface area contributed by atoms with E-state index >= 15 is 0 Å². The van der Waals surface area contributed by atoms with Crippen LogP contribution in [0.25, 0.3) is 0 Å². The highest BCUT2D eigenvalue weighted by Gasteiger charge is 2.16. The van der Waals surface area contributed by atoms with E-state index in [2.05, 4.69) is 27.3 Å². The number of halogens is 1. The average Bonchev–Trinajstić information content (AvgIpc) is 2.74. The summed E-state index contributed by atoms with van der Waals surface area (Å²) in [4.78, 5) is 0. The van der Waals surface area contributed by atoms with Crippen LogP contribution in [-0.2, 0) is 0 Å². The Kier molecular flexibility index (Phi) is 3.24. The molecule has 0 radical (unpaired) electrons. The summed E-state index contributed by atoms with van der Waals surface area (Å²) in [6, 6.07) is 7.47. The maximum atomic E-state index is 8.72. The lowest BCUT2D eigenvalue weighted by Gasteiger charge is -2.13. The van der Waals surface area contributed by atoms with Crippen LogP contribution >= 0.6 is 15.9 Å². The van der Waals surface area contributed by atoms with Crippen LogP contribution in [0.15, 0.2) is 22.7 Å². The topological polar surface area (TPSA) is 45.0 Å². The van der Waals surface area contributed by atoms with Crippen molar-refractivity contribution in [2.45, 2.75) is 12.5 Å². The molecule has 1 aliphatic heterocycles. The fourth-order valence-electron chi connectivity index (χ4n) is 1.57. The highest BCUT2D eigenvalue weighted by Crippen LogP contribution is 2.27. The van der Waals surface area contributed by atoms with E-state index in [1.54, 1.807) is 12.1 Å². The van der Waals surface area contributed by atoms with E-state index in [1.165, 1.54) is 0 Å². The summed E-state index contributed by atoms with van der Waals surface area (Å²) in [5, 5.41) is 12.0. The lowest BCUT2D eigenvalue weighted by molar-refractivity contribution is 0.221. The van der Waals surface area contributed by atoms with Crippen molar-refractivity contribution >= 4 is 15.9 Å². The zero-order valence-corrected chi connectivity index (χ0v) is 9.75. The fourth-order valence-corrected chi connectivity index (χ4v) is 2.05. The van der Waals surface area contributed by atoms with Gasteiger partial charge in [0.15, 0.2) is 0 Å². The number of nitrogens with zero attached hydrogens (tertiary/aromatic N) is 1. The first kappa shape index (κ1) is 10.5. The van der Waals surface area contributed by atoms with Crippen molar-refractivity contribution in [3.63, 3.8) is 0 Å². The minimum Gasteiger partial charge on any atom is -0.488 e. The van der Waals surface area contributed by atoms with Crippen LogP contribution in [-0.4, -0.2) is 19.2 Å². The second kappa shape index (κ2) is 4.65. The molecule has 0 aliphatic carbocycles. The van der Waals surface area contributed by atoms with Crippen molar-refractivity contribution in [3.05, 3.63) is 28.2 Å². The van der Waals surface area contributed by atoms with Gasteiger partial charge in [-0.15, -0.1) is 0 Å². The standard InChI is InChI=1S/C11H11BrN2O/c12-10-5-8(6-13)1-2-11(10)15-9-3-4-14-7-9/h1-2,5,9,14H,3-4,7H2. The van der Waals surface area contributed by atoms with Gasteiger partial charge in [0.05, 0.1) is 16.1 Å². The molecule has 1 aromatic rings. The molecule has 0 saturated carbocycles. The van der Waals surface area contributed by atoms with Crippen molar-refractivity contribution < 1.29 is 4.74 Å². The molecular formula is C11H11BrN2O. The maximum absolute atomic E-state index is 8.72. The van der Waals surface area contributed by atoms with Gasteiger partial charge < -0.3 is 10.1 Å². The van der Waals surface area contributed by atoms with Crippen LogP contribution in [0, 0.1) is 11.3 Å². The fraction of sp³-hybridized carbons (Fsp3) is 0.364. The number of rotatable bonds is 2. The van der Waals surface area contributed by atoms with Crippen LogP contribution < -0.4 is 10.1 Å². The molecule has 0 spiro atoms. The Morgan fingerprint density at radius 1 is 1.53 bits per heavy atom. The highest BCUT2D eigenvalue weighted by molar-refractivity contribution is 9.10. The van der Waals surface area contributed by atoms with E-state index in [0.717, 1.165) is 29.7 Å². The zero-order valence-electron chi connectivity index (χ0n) is 8.16. The molecule has 15 heavy (non-hydrogen) atoms. The molecular weight excluding hydrogens is 256 g/mol. The van der Waals surface area contributed by atoms with Gasteiger partial charge in [-0.1, -0.05) is 0 Å². The van der Waals surface area contributed by atoms with Crippen molar-refractivity contribution in [1.82, 2.24) is 5.32 Å². The highest BCUT2D eigenvalue weighted by atomic mass is 79.9. The van der Waals surface area contributed by atoms with Crippen molar-refractivity contribution in [2.24, 2.45) is 0 Å². The molecule has 1 fully saturated rings. The van der Waals surface area contributed by atoms with Gasteiger partial charge in [0.2, 0.25) is 0 Å². The first-order chi connectivity index (χ1) is 7.29. The summed E-state index contributed by atoms with van der Waals surface area (Å²) in [6.07, 6.45) is 1.28. The number of hydrogen-bond donors (Lipinski definition) is 1. The van der Waals surface area contributed by atoms with E-state index in [1.807, 2.05) is 6.07 Å². The summed E-state index contributed by atoms with van der Waals surface area (Å²) >= 11 is 3.40. The Balaban J connectivity index is 2.11. The van der Waals surface area contributed by atoms with Crippen molar-refractivity contribution in [1.29, 1.82) is 5.26 Å². The van der Waals surface area contributed by atoms with Crippen LogP contribution in [0.1, 0.15) is 12.0 Å². The minimum absolute atomic E-state index is 0.245. The van der Waals surface area contributed by atoms with E-state index in [-0.39, 0.29) is 6.10 Å². The third-order valence-electron chi connectivity index (χ3n) is 2.37. The van der Waals surface area contributed by atoms with Crippen molar-refractivity contribution in [2.75, 3.05) is 13.1 Å². The third-order valence-corrected chi connectivity index (χ3v) is 2.99. The molecule has 1 aromatic carbocycles. The molecule has 78 valence electrons. The molecule has 1 heterocycles. The molecule has 0 amide bonds. The maximum Gasteiger partial charge on any atom is 0.134 e. The predicted molar refractivity (Wildman–Crippen MR) is 60.8 cm³/mol. The molecule has 1 N–H and O–H groups in total. The summed E-state index contributed by atoms with van der Waals surface area (Å²) in [6.45, 7) is 1.91. The van der Waals surface area contributed by atoms with E-state index in [4.69, 9.17) is 10.00 Å². The molecule has 4 heteroatoms. The lowest BCUT2D eigenvalue weighted by atomic mass is 10.2. The van der Waals surface area contributed by atoms with Gasteiger partial charge in [0.25, 0.3) is 0 Å². The molecule has 0 aromatic heterocycles. The Morgan fingerprint density at radius 3 is 3.00 bits per heavy atom. The quantitative estimate of drug-likeness (QED) is 0.892. The molecule has 1 aliphatic rings. The Bertz CT molecular complexity index is 394. The number of nitrogens with one attached hydrogen (secondary N) is 1. The van der Waals surface area contributed by atoms with Gasteiger partial charge in [-0.2, -0.15) is 5.26 Å². The van der Waals surface area contributed by atoms with E-state index in [9.17, 15) is 0 Å². The number of benzene rings is 1. The molecule has 1 atom stereocenters. The smallest absolute Gasteiger partial charge is 0.134 e. The largest absolute Gasteiger partial charge is 0.488 e. The van der Waals surface area contributed by atoms with Crippen LogP contribution in [0.2, 0.25) is 0 Å². The van der Waals surface area contributed by atoms with Gasteiger partial charge in [-0.05, 0) is 47.1 Å². The number of hydrogen-bond acceptors (Lipinski definition) is 3. The van der Waals surface area contributed by atoms with Crippen LogP contribution in [0.3, 0.4) is 0 Å². The second-order valence-electron chi connectivity index (χ2n) is 3.49. The third kappa shape index (κ3) is 2.49. The molecule has 1 saturated heterocycles. The zero-order chi connectivity index (χ0) is 10.7. The predicted octanol–water partition coefficient (Wildman–Crippen LogP) is 2.06. The number of ether oxygens (including phenoxy) is 1. The molecule has 1 unspecified atom stereocenters. The van der Waals surface area contributed by atoms with Crippen LogP contribution in [0.5, 0.6) is 5.75 Å². The van der Waals surface area contributed by atoms with Gasteiger partial charge >= 0.3 is 0 Å². The molecule has 2 rings (SSSR count). The van der Waals surface area contributed by atoms with E-state index < -0.39 is 0 Å². The summed E-state index contributed by atoms with van der Waals surface area (Å²) in [5.74, 6) is 0.808. The normalized spacial score (nSPS) is 19.9. The first-order valence-corrected chi connectivity index (χ1v) is 5.66. The molecule has 0 bridgehead atoms. The molecule has 3 nitrogen and oxygen atoms in total. The van der Waals surface area contributed by atoms with Gasteiger partial charge in [0, 0.05) is 6.54 Å². The second-order valence-corrected chi connectivity index (χ2v) is 4.34. The van der Waals surface area contributed by atoms with Gasteiger partial charge in [-0.25, -0.2) is 0 Å². The minimum atomic E-state index is 0.245. The first-order valence-electron chi connectivity index (χ1n) is 4.86. The Labute approximate surface area is 97.2 Å². The summed E-state index contributed by atoms with van der Waals surface area (Å²) in [5.41, 5.74) is 0.638. The van der Waals surface area contributed by atoms with Gasteiger partial charge in [0.1, 0.15) is 11.9 Å². The average molecular weight is 267 g/mol. The van der Waals surface area contributed by atoms with E-state index in [0.29, 0.717) is 5.56 Å². The lowest BCUT2D eigenvalue weighted by Crippen LogP contribution is -2.19. The SMILES string of the molecule is N#Cc1ccc(OC2CCNC2)c(Br)c1. The van der Waals surface area contributed by atoms with Gasteiger partial charge in [-0.3, -0.25) is 0 Å². The Morgan fingerprint density at radius 2 is 2.40 bits per heavy atom. The number of nitriles is 1. The van der Waals surface area contributed by atoms with Crippen molar-refractivity contribution in [3.8, 4) is 11.8 Å².